The Bertz CT molecular complexity index is 1000. The molecule has 0 saturated carbocycles. The number of fused-ring (bicyclic) bond motifs is 1. The first-order valence-corrected chi connectivity index (χ1v) is 10.1. The number of hydrogen-bond acceptors (Lipinski definition) is 6. The monoisotopic (exact) mass is 538 g/mol. The molecular formula is C21H31IN8O. The van der Waals surface area contributed by atoms with Crippen LogP contribution in [0.2, 0.25) is 0 Å². The first kappa shape index (κ1) is 24.6. The molecule has 0 aliphatic rings. The number of anilines is 1. The van der Waals surface area contributed by atoms with Crippen LogP contribution in [-0.4, -0.2) is 59.0 Å². The minimum atomic E-state index is 0. The molecule has 1 aromatic carbocycles. The van der Waals surface area contributed by atoms with Crippen LogP contribution in [0.1, 0.15) is 18.1 Å². The van der Waals surface area contributed by atoms with Gasteiger partial charge in [-0.25, -0.2) is 9.97 Å². The number of guanidine groups is 1. The zero-order valence-electron chi connectivity index (χ0n) is 18.5. The number of nitrogens with one attached hydrogen (secondary N) is 3. The summed E-state index contributed by atoms with van der Waals surface area (Å²) in [7, 11) is 3.57. The lowest BCUT2D eigenvalue weighted by atomic mass is 10.1. The van der Waals surface area contributed by atoms with E-state index in [9.17, 15) is 0 Å². The molecular weight excluding hydrogens is 507 g/mol. The average Bonchev–Trinajstić information content (AvgIpc) is 3.14. The van der Waals surface area contributed by atoms with Gasteiger partial charge in [0.15, 0.2) is 11.6 Å². The second-order valence-electron chi connectivity index (χ2n) is 6.90. The van der Waals surface area contributed by atoms with Crippen molar-refractivity contribution in [3.05, 3.63) is 41.9 Å². The highest BCUT2D eigenvalue weighted by Crippen LogP contribution is 2.19. The maximum atomic E-state index is 5.40. The Morgan fingerprint density at radius 3 is 2.81 bits per heavy atom. The Labute approximate surface area is 200 Å². The zero-order valence-corrected chi connectivity index (χ0v) is 20.8. The SMILES string of the molecule is CCNC(=NCCc1ccc(C)c(OC)c1)NCCNc1ncnc2c1cnn2C.I. The maximum Gasteiger partial charge on any atom is 0.191 e. The molecule has 0 bridgehead atoms. The van der Waals surface area contributed by atoms with Gasteiger partial charge >= 0.3 is 0 Å². The van der Waals surface area contributed by atoms with Crippen molar-refractivity contribution < 1.29 is 4.74 Å². The van der Waals surface area contributed by atoms with E-state index >= 15 is 0 Å². The summed E-state index contributed by atoms with van der Waals surface area (Å²) >= 11 is 0. The van der Waals surface area contributed by atoms with Crippen LogP contribution in [0.5, 0.6) is 5.75 Å². The van der Waals surface area contributed by atoms with Crippen LogP contribution in [0.25, 0.3) is 11.0 Å². The Morgan fingerprint density at radius 2 is 2.03 bits per heavy atom. The molecule has 0 aliphatic heterocycles. The molecule has 3 N–H and O–H groups in total. The van der Waals surface area contributed by atoms with Crippen LogP contribution in [0.3, 0.4) is 0 Å². The van der Waals surface area contributed by atoms with E-state index in [4.69, 9.17) is 4.74 Å². The smallest absolute Gasteiger partial charge is 0.191 e. The van der Waals surface area contributed by atoms with Crippen molar-refractivity contribution in [2.24, 2.45) is 12.0 Å². The quantitative estimate of drug-likeness (QED) is 0.167. The Morgan fingerprint density at radius 1 is 1.19 bits per heavy atom. The number of nitrogens with zero attached hydrogens (tertiary/aromatic N) is 5. The molecule has 0 fully saturated rings. The summed E-state index contributed by atoms with van der Waals surface area (Å²) in [6.45, 7) is 7.00. The molecule has 0 spiro atoms. The molecule has 3 aromatic rings. The summed E-state index contributed by atoms with van der Waals surface area (Å²) in [5, 5.41) is 15.1. The van der Waals surface area contributed by atoms with Gasteiger partial charge in [-0.15, -0.1) is 24.0 Å². The van der Waals surface area contributed by atoms with Gasteiger partial charge in [-0.1, -0.05) is 12.1 Å². The third-order valence-corrected chi connectivity index (χ3v) is 4.73. The predicted molar refractivity (Wildman–Crippen MR) is 136 cm³/mol. The molecule has 3 rings (SSSR count). The van der Waals surface area contributed by atoms with Crippen LogP contribution < -0.4 is 20.7 Å². The van der Waals surface area contributed by atoms with Crippen LogP contribution in [0, 0.1) is 6.92 Å². The number of benzene rings is 1. The Hall–Kier alpha value is -2.63. The second-order valence-corrected chi connectivity index (χ2v) is 6.90. The van der Waals surface area contributed by atoms with Gasteiger partial charge in [0.2, 0.25) is 0 Å². The highest BCUT2D eigenvalue weighted by molar-refractivity contribution is 14.0. The molecule has 2 heterocycles. The number of methoxy groups -OCH3 is 1. The van der Waals surface area contributed by atoms with E-state index in [0.29, 0.717) is 19.6 Å². The fourth-order valence-electron chi connectivity index (χ4n) is 3.12. The highest BCUT2D eigenvalue weighted by atomic mass is 127. The van der Waals surface area contributed by atoms with Gasteiger partial charge in [0.25, 0.3) is 0 Å². The summed E-state index contributed by atoms with van der Waals surface area (Å²) in [5.41, 5.74) is 3.16. The molecule has 2 aromatic heterocycles. The minimum absolute atomic E-state index is 0. The first-order chi connectivity index (χ1) is 14.6. The van der Waals surface area contributed by atoms with Crippen LogP contribution >= 0.6 is 24.0 Å². The van der Waals surface area contributed by atoms with Gasteiger partial charge < -0.3 is 20.7 Å². The number of halogens is 1. The number of aromatic nitrogens is 4. The Kier molecular flexibility index (Phi) is 9.76. The van der Waals surface area contributed by atoms with E-state index in [1.807, 2.05) is 14.0 Å². The van der Waals surface area contributed by atoms with Gasteiger partial charge in [-0.3, -0.25) is 9.67 Å². The predicted octanol–water partition coefficient (Wildman–Crippen LogP) is 2.51. The van der Waals surface area contributed by atoms with E-state index in [-0.39, 0.29) is 24.0 Å². The summed E-state index contributed by atoms with van der Waals surface area (Å²) in [6, 6.07) is 6.29. The maximum absolute atomic E-state index is 5.40. The fraction of sp³-hybridized carbons (Fsp3) is 0.429. The molecule has 0 atom stereocenters. The summed E-state index contributed by atoms with van der Waals surface area (Å²) in [4.78, 5) is 13.2. The molecule has 10 heteroatoms. The van der Waals surface area contributed by atoms with E-state index < -0.39 is 0 Å². The number of rotatable bonds is 9. The highest BCUT2D eigenvalue weighted by Gasteiger charge is 2.07. The van der Waals surface area contributed by atoms with Crippen LogP contribution in [0.4, 0.5) is 5.82 Å². The van der Waals surface area contributed by atoms with Crippen LogP contribution in [-0.2, 0) is 13.5 Å². The molecule has 0 saturated heterocycles. The standard InChI is InChI=1S/C21H30N8O.HI/c1-5-22-21(24-9-8-16-7-6-15(2)18(12-16)30-4)25-11-10-23-19-17-13-28-29(3)20(17)27-14-26-19;/h6-7,12-14H,5,8-11H2,1-4H3,(H2,22,24,25)(H,23,26,27);1H. The van der Waals surface area contributed by atoms with E-state index in [1.165, 1.54) is 5.56 Å². The lowest BCUT2D eigenvalue weighted by Crippen LogP contribution is -2.39. The topological polar surface area (TPSA) is 101 Å². The zero-order chi connectivity index (χ0) is 21.3. The molecule has 9 nitrogen and oxygen atoms in total. The van der Waals surface area contributed by atoms with E-state index in [0.717, 1.165) is 47.1 Å². The second kappa shape index (κ2) is 12.3. The van der Waals surface area contributed by atoms with Crippen molar-refractivity contribution in [2.75, 3.05) is 38.6 Å². The number of aliphatic imine (C=N–C) groups is 1. The molecule has 0 aliphatic carbocycles. The van der Waals surface area contributed by atoms with Gasteiger partial charge in [0.1, 0.15) is 17.9 Å². The van der Waals surface area contributed by atoms with Gasteiger partial charge in [-0.05, 0) is 37.5 Å². The molecule has 31 heavy (non-hydrogen) atoms. The van der Waals surface area contributed by atoms with Crippen LogP contribution in [0.15, 0.2) is 35.7 Å². The van der Waals surface area contributed by atoms with E-state index in [2.05, 4.69) is 61.1 Å². The van der Waals surface area contributed by atoms with Crippen molar-refractivity contribution in [2.45, 2.75) is 20.3 Å². The number of ether oxygens (including phenoxy) is 1. The third kappa shape index (κ3) is 6.68. The molecule has 0 unspecified atom stereocenters. The van der Waals surface area contributed by atoms with Crippen molar-refractivity contribution in [3.8, 4) is 5.75 Å². The lowest BCUT2D eigenvalue weighted by molar-refractivity contribution is 0.411. The third-order valence-electron chi connectivity index (χ3n) is 4.73. The summed E-state index contributed by atoms with van der Waals surface area (Å²) < 4.78 is 7.14. The molecule has 168 valence electrons. The van der Waals surface area contributed by atoms with Crippen molar-refractivity contribution in [1.82, 2.24) is 30.4 Å². The Balaban J connectivity index is 0.00000341. The van der Waals surface area contributed by atoms with Crippen molar-refractivity contribution in [1.29, 1.82) is 0 Å². The molecule has 0 radical (unpaired) electrons. The van der Waals surface area contributed by atoms with E-state index in [1.54, 1.807) is 24.3 Å². The summed E-state index contributed by atoms with van der Waals surface area (Å²) in [6.07, 6.45) is 4.17. The fourth-order valence-corrected chi connectivity index (χ4v) is 3.12. The van der Waals surface area contributed by atoms with Gasteiger partial charge in [-0.2, -0.15) is 5.10 Å². The largest absolute Gasteiger partial charge is 0.496 e. The first-order valence-electron chi connectivity index (χ1n) is 10.1. The average molecular weight is 538 g/mol. The van der Waals surface area contributed by atoms with Crippen molar-refractivity contribution in [3.63, 3.8) is 0 Å². The number of aryl methyl sites for hydroxylation is 2. The van der Waals surface area contributed by atoms with Gasteiger partial charge in [0, 0.05) is 33.2 Å². The minimum Gasteiger partial charge on any atom is -0.496 e. The van der Waals surface area contributed by atoms with Gasteiger partial charge in [0.05, 0.1) is 18.7 Å². The lowest BCUT2D eigenvalue weighted by Gasteiger charge is -2.12. The molecule has 0 amide bonds. The normalized spacial score (nSPS) is 11.2. The van der Waals surface area contributed by atoms with Crippen molar-refractivity contribution >= 4 is 46.8 Å². The summed E-state index contributed by atoms with van der Waals surface area (Å²) in [5.74, 6) is 2.50. The number of hydrogen-bond donors (Lipinski definition) is 3.